The summed E-state index contributed by atoms with van der Waals surface area (Å²) in [4.78, 5) is 0. The second kappa shape index (κ2) is 20.1. The summed E-state index contributed by atoms with van der Waals surface area (Å²) >= 11 is 0. The van der Waals surface area contributed by atoms with Crippen molar-refractivity contribution in [3.05, 3.63) is 29.8 Å². The predicted octanol–water partition coefficient (Wildman–Crippen LogP) is 12.9. The third-order valence-corrected chi connectivity index (χ3v) is 11.6. The van der Waals surface area contributed by atoms with Gasteiger partial charge in [-0.05, 0) is 73.0 Å². The average Bonchev–Trinajstić information content (AvgIpc) is 2.96. The molecule has 3 atom stereocenters. The van der Waals surface area contributed by atoms with E-state index in [9.17, 15) is 0 Å². The minimum atomic E-state index is 0.886. The van der Waals surface area contributed by atoms with Crippen LogP contribution in [0.25, 0.3) is 0 Å². The number of hydrogen-bond acceptors (Lipinski definition) is 1. The highest BCUT2D eigenvalue weighted by molar-refractivity contribution is 5.27. The molecule has 4 rings (SSSR count). The minimum Gasteiger partial charge on any atom is -0.494 e. The zero-order valence-corrected chi connectivity index (χ0v) is 27.4. The Morgan fingerprint density at radius 1 is 0.634 bits per heavy atom. The van der Waals surface area contributed by atoms with Crippen LogP contribution in [0.2, 0.25) is 0 Å². The molecule has 0 radical (unpaired) electrons. The molecule has 0 heterocycles. The quantitative estimate of drug-likeness (QED) is 0.192. The van der Waals surface area contributed by atoms with E-state index in [1.54, 1.807) is 0 Å². The highest BCUT2D eigenvalue weighted by Gasteiger charge is 2.35. The molecule has 3 saturated carbocycles. The van der Waals surface area contributed by atoms with Crippen LogP contribution in [0.1, 0.15) is 179 Å². The third-order valence-electron chi connectivity index (χ3n) is 11.6. The molecule has 3 aliphatic carbocycles. The van der Waals surface area contributed by atoms with Crippen LogP contribution in [0, 0.1) is 29.6 Å². The first kappa shape index (κ1) is 32.9. The summed E-state index contributed by atoms with van der Waals surface area (Å²) in [5.74, 6) is 5.88. The summed E-state index contributed by atoms with van der Waals surface area (Å²) in [6, 6.07) is 9.23. The Balaban J connectivity index is 1.24. The van der Waals surface area contributed by atoms with Crippen molar-refractivity contribution in [1.82, 2.24) is 0 Å². The van der Waals surface area contributed by atoms with Gasteiger partial charge in [-0.3, -0.25) is 0 Å². The van der Waals surface area contributed by atoms with Crippen LogP contribution in [0.3, 0.4) is 0 Å². The minimum absolute atomic E-state index is 0.886. The number of rotatable bonds is 15. The first-order chi connectivity index (χ1) is 20.3. The molecule has 1 aromatic carbocycles. The predicted molar refractivity (Wildman–Crippen MR) is 179 cm³/mol. The van der Waals surface area contributed by atoms with Crippen molar-refractivity contribution in [3.8, 4) is 5.75 Å². The van der Waals surface area contributed by atoms with Crippen LogP contribution < -0.4 is 4.74 Å². The number of hydrogen-bond donors (Lipinski definition) is 0. The topological polar surface area (TPSA) is 9.23 Å². The smallest absolute Gasteiger partial charge is 0.119 e. The Labute approximate surface area is 256 Å². The van der Waals surface area contributed by atoms with Crippen molar-refractivity contribution < 1.29 is 4.74 Å². The monoisotopic (exact) mass is 565 g/mol. The maximum atomic E-state index is 6.49. The van der Waals surface area contributed by atoms with Gasteiger partial charge in [0.25, 0.3) is 0 Å². The van der Waals surface area contributed by atoms with E-state index in [1.807, 2.05) is 0 Å². The number of aryl methyl sites for hydroxylation is 1. The molecule has 0 aromatic heterocycles. The molecule has 0 saturated heterocycles. The molecule has 0 bridgehead atoms. The molecule has 3 fully saturated rings. The number of benzene rings is 1. The second-order valence-corrected chi connectivity index (χ2v) is 14.7. The van der Waals surface area contributed by atoms with Crippen LogP contribution in [0.15, 0.2) is 24.3 Å². The van der Waals surface area contributed by atoms with Crippen molar-refractivity contribution in [1.29, 1.82) is 0 Å². The van der Waals surface area contributed by atoms with Crippen LogP contribution in [0.4, 0.5) is 0 Å². The van der Waals surface area contributed by atoms with Crippen molar-refractivity contribution in [2.45, 2.75) is 180 Å². The van der Waals surface area contributed by atoms with Gasteiger partial charge >= 0.3 is 0 Å². The lowest BCUT2D eigenvalue weighted by Crippen LogP contribution is -2.33. The third kappa shape index (κ3) is 12.3. The van der Waals surface area contributed by atoms with Gasteiger partial charge in [0.05, 0.1) is 6.61 Å². The number of unbranched alkanes of at least 4 members (excludes halogenated alkanes) is 3. The summed E-state index contributed by atoms with van der Waals surface area (Å²) in [6.45, 7) is 3.28. The molecule has 0 amide bonds. The maximum absolute atomic E-state index is 6.49. The van der Waals surface area contributed by atoms with Gasteiger partial charge in [0.2, 0.25) is 0 Å². The maximum Gasteiger partial charge on any atom is 0.119 e. The Bertz CT molecular complexity index is 752. The zero-order chi connectivity index (χ0) is 28.4. The van der Waals surface area contributed by atoms with E-state index in [-0.39, 0.29) is 0 Å². The SMILES string of the molecule is CCCCCC1CCCCC1C(CCOc1ccc(CCCCC2CCCCCCC2)cc1)C1CCCCCCC1. The fourth-order valence-electron chi connectivity index (χ4n) is 9.19. The van der Waals surface area contributed by atoms with Gasteiger partial charge in [0.15, 0.2) is 0 Å². The van der Waals surface area contributed by atoms with Crippen molar-refractivity contribution >= 4 is 0 Å². The van der Waals surface area contributed by atoms with E-state index in [0.29, 0.717) is 0 Å². The Kier molecular flexibility index (Phi) is 16.1. The molecule has 41 heavy (non-hydrogen) atoms. The van der Waals surface area contributed by atoms with Gasteiger partial charge in [-0.15, -0.1) is 0 Å². The van der Waals surface area contributed by atoms with Gasteiger partial charge in [-0.1, -0.05) is 167 Å². The van der Waals surface area contributed by atoms with Crippen LogP contribution in [-0.2, 0) is 6.42 Å². The molecule has 3 unspecified atom stereocenters. The lowest BCUT2D eigenvalue weighted by atomic mass is 9.64. The molecular weight excluding hydrogens is 496 g/mol. The average molecular weight is 565 g/mol. The van der Waals surface area contributed by atoms with Gasteiger partial charge in [-0.25, -0.2) is 0 Å². The van der Waals surface area contributed by atoms with Gasteiger partial charge in [-0.2, -0.15) is 0 Å². The van der Waals surface area contributed by atoms with E-state index < -0.39 is 0 Å². The Hall–Kier alpha value is -0.980. The van der Waals surface area contributed by atoms with E-state index >= 15 is 0 Å². The van der Waals surface area contributed by atoms with E-state index in [2.05, 4.69) is 31.2 Å². The molecular formula is C40H68O. The molecule has 1 aromatic rings. The van der Waals surface area contributed by atoms with Crippen molar-refractivity contribution in [2.24, 2.45) is 29.6 Å². The lowest BCUT2D eigenvalue weighted by Gasteiger charge is -2.42. The first-order valence-corrected chi connectivity index (χ1v) is 19.0. The summed E-state index contributed by atoms with van der Waals surface area (Å²) in [6.07, 6.45) is 39.1. The van der Waals surface area contributed by atoms with Crippen LogP contribution in [0.5, 0.6) is 5.75 Å². The fraction of sp³-hybridized carbons (Fsp3) is 0.850. The lowest BCUT2D eigenvalue weighted by molar-refractivity contribution is 0.0746. The highest BCUT2D eigenvalue weighted by atomic mass is 16.5. The molecule has 0 N–H and O–H groups in total. The largest absolute Gasteiger partial charge is 0.494 e. The van der Waals surface area contributed by atoms with Gasteiger partial charge in [0.1, 0.15) is 5.75 Å². The molecule has 1 heteroatoms. The van der Waals surface area contributed by atoms with Crippen LogP contribution >= 0.6 is 0 Å². The molecule has 3 aliphatic rings. The van der Waals surface area contributed by atoms with E-state index in [0.717, 1.165) is 41.9 Å². The van der Waals surface area contributed by atoms with Crippen molar-refractivity contribution in [3.63, 3.8) is 0 Å². The van der Waals surface area contributed by atoms with E-state index in [1.165, 1.54) is 179 Å². The normalized spacial score (nSPS) is 24.6. The molecule has 1 nitrogen and oxygen atoms in total. The van der Waals surface area contributed by atoms with E-state index in [4.69, 9.17) is 4.74 Å². The number of ether oxygens (including phenoxy) is 1. The summed E-state index contributed by atoms with van der Waals surface area (Å²) in [7, 11) is 0. The Morgan fingerprint density at radius 2 is 1.24 bits per heavy atom. The summed E-state index contributed by atoms with van der Waals surface area (Å²) in [5.41, 5.74) is 1.50. The first-order valence-electron chi connectivity index (χ1n) is 19.0. The summed E-state index contributed by atoms with van der Waals surface area (Å²) < 4.78 is 6.49. The Morgan fingerprint density at radius 3 is 1.95 bits per heavy atom. The van der Waals surface area contributed by atoms with Gasteiger partial charge in [0, 0.05) is 0 Å². The van der Waals surface area contributed by atoms with Crippen LogP contribution in [-0.4, -0.2) is 6.61 Å². The second-order valence-electron chi connectivity index (χ2n) is 14.7. The van der Waals surface area contributed by atoms with Crippen molar-refractivity contribution in [2.75, 3.05) is 6.61 Å². The molecule has 0 aliphatic heterocycles. The van der Waals surface area contributed by atoms with Gasteiger partial charge < -0.3 is 4.74 Å². The highest BCUT2D eigenvalue weighted by Crippen LogP contribution is 2.45. The molecule has 0 spiro atoms. The molecule has 234 valence electrons. The summed E-state index contributed by atoms with van der Waals surface area (Å²) in [5, 5.41) is 0. The zero-order valence-electron chi connectivity index (χ0n) is 27.4. The fourth-order valence-corrected chi connectivity index (χ4v) is 9.19. The standard InChI is InChI=1S/C40H68O/c1-2-3-10-23-36-26-17-18-27-39(36)40(37-24-13-8-5-9-14-25-37)32-33-41-38-30-28-35(29-31-38)22-16-15-21-34-19-11-6-4-7-12-20-34/h28-31,34,36-37,39-40H,2-27,32-33H2,1H3.